The summed E-state index contributed by atoms with van der Waals surface area (Å²) in [4.78, 5) is 0. The molecule has 0 amide bonds. The van der Waals surface area contributed by atoms with E-state index < -0.39 is 18.6 Å². The fourth-order valence-corrected chi connectivity index (χ4v) is 1.97. The number of hydrogen-bond donors (Lipinski definition) is 0. The van der Waals surface area contributed by atoms with Crippen molar-refractivity contribution in [3.63, 3.8) is 0 Å². The molecule has 0 atom stereocenters. The molecule has 0 aliphatic rings. The van der Waals surface area contributed by atoms with Crippen molar-refractivity contribution in [1.82, 2.24) is 0 Å². The lowest BCUT2D eigenvalue weighted by atomic mass is 10.8. The van der Waals surface area contributed by atoms with Crippen LogP contribution in [0.4, 0.5) is 4.39 Å². The van der Waals surface area contributed by atoms with E-state index in [0.717, 1.165) is 0 Å². The minimum Gasteiger partial charge on any atom is -0.524 e. The fourth-order valence-electron chi connectivity index (χ4n) is 0.677. The van der Waals surface area contributed by atoms with Gasteiger partial charge in [-0.15, -0.1) is 0 Å². The van der Waals surface area contributed by atoms with Crippen molar-refractivity contribution in [3.8, 4) is 0 Å². The SMILES string of the molecule is CCO/C(O[SiH2]C)=C(\F)[SiH](C)C. The maximum atomic E-state index is 13.3. The van der Waals surface area contributed by atoms with Gasteiger partial charge in [0.2, 0.25) is 9.76 Å². The Morgan fingerprint density at radius 3 is 2.42 bits per heavy atom. The van der Waals surface area contributed by atoms with E-state index in [1.54, 1.807) is 0 Å². The van der Waals surface area contributed by atoms with Crippen molar-refractivity contribution in [3.05, 3.63) is 11.4 Å². The summed E-state index contributed by atoms with van der Waals surface area (Å²) in [6.07, 6.45) is 0. The summed E-state index contributed by atoms with van der Waals surface area (Å²) in [7, 11) is -2.03. The molecule has 0 N–H and O–H groups in total. The molecule has 0 saturated heterocycles. The first-order chi connectivity index (χ1) is 5.63. The summed E-state index contributed by atoms with van der Waals surface area (Å²) in [5.74, 6) is 0.160. The van der Waals surface area contributed by atoms with Crippen molar-refractivity contribution < 1.29 is 13.6 Å². The zero-order valence-corrected chi connectivity index (χ0v) is 10.8. The summed E-state index contributed by atoms with van der Waals surface area (Å²) >= 11 is 0. The Kier molecular flexibility index (Phi) is 6.09. The summed E-state index contributed by atoms with van der Waals surface area (Å²) in [5.41, 5.74) is -0.147. The van der Waals surface area contributed by atoms with Crippen LogP contribution in [0.15, 0.2) is 11.4 Å². The first kappa shape index (κ1) is 11.7. The van der Waals surface area contributed by atoms with Gasteiger partial charge in [0, 0.05) is 0 Å². The third-order valence-corrected chi connectivity index (χ3v) is 3.05. The van der Waals surface area contributed by atoms with Gasteiger partial charge in [-0.2, -0.15) is 0 Å². The average Bonchev–Trinajstić information content (AvgIpc) is 2.03. The van der Waals surface area contributed by atoms with E-state index in [4.69, 9.17) is 9.16 Å². The molecule has 0 spiro atoms. The third kappa shape index (κ3) is 3.91. The van der Waals surface area contributed by atoms with Crippen molar-refractivity contribution >= 4 is 18.6 Å². The van der Waals surface area contributed by atoms with E-state index in [2.05, 4.69) is 0 Å². The molecule has 0 unspecified atom stereocenters. The molecule has 0 aliphatic carbocycles. The first-order valence-corrected chi connectivity index (χ1v) is 9.16. The van der Waals surface area contributed by atoms with Crippen LogP contribution in [0.2, 0.25) is 19.6 Å². The largest absolute Gasteiger partial charge is 0.524 e. The van der Waals surface area contributed by atoms with Gasteiger partial charge in [-0.05, 0) is 13.5 Å². The third-order valence-electron chi connectivity index (χ3n) is 1.25. The van der Waals surface area contributed by atoms with E-state index >= 15 is 0 Å². The Balaban J connectivity index is 4.32. The molecule has 0 aliphatic heterocycles. The second kappa shape index (κ2) is 6.25. The molecule has 5 heteroatoms. The molecular formula is C7H17FO2Si2. The van der Waals surface area contributed by atoms with Gasteiger partial charge in [-0.3, -0.25) is 0 Å². The van der Waals surface area contributed by atoms with E-state index in [-0.39, 0.29) is 11.4 Å². The van der Waals surface area contributed by atoms with E-state index in [9.17, 15) is 4.39 Å². The van der Waals surface area contributed by atoms with Gasteiger partial charge in [0.25, 0.3) is 5.95 Å². The maximum Gasteiger partial charge on any atom is 0.292 e. The molecule has 2 nitrogen and oxygen atoms in total. The van der Waals surface area contributed by atoms with Gasteiger partial charge in [-0.1, -0.05) is 13.1 Å². The molecule has 0 radical (unpaired) electrons. The minimum absolute atomic E-state index is 0.147. The van der Waals surface area contributed by atoms with Crippen LogP contribution >= 0.6 is 0 Å². The molecule has 72 valence electrons. The normalized spacial score (nSPS) is 13.8. The van der Waals surface area contributed by atoms with Gasteiger partial charge in [0.05, 0.1) is 6.61 Å². The molecule has 0 aromatic rings. The molecule has 0 heterocycles. The average molecular weight is 208 g/mol. The summed E-state index contributed by atoms with van der Waals surface area (Å²) in [6.45, 7) is 8.08. The van der Waals surface area contributed by atoms with Crippen LogP contribution in [0.3, 0.4) is 0 Å². The zero-order valence-electron chi connectivity index (χ0n) is 8.19. The van der Waals surface area contributed by atoms with Gasteiger partial charge >= 0.3 is 0 Å². The van der Waals surface area contributed by atoms with Crippen LogP contribution in [0.1, 0.15) is 6.92 Å². The predicted octanol–water partition coefficient (Wildman–Crippen LogP) is 1.34. The highest BCUT2D eigenvalue weighted by molar-refractivity contribution is 6.63. The molecule has 0 bridgehead atoms. The van der Waals surface area contributed by atoms with Crippen molar-refractivity contribution in [1.29, 1.82) is 0 Å². The minimum atomic E-state index is -1.40. The summed E-state index contributed by atoms with van der Waals surface area (Å²) in [6, 6.07) is 0. The molecule has 0 fully saturated rings. The molecule has 0 saturated carbocycles. The van der Waals surface area contributed by atoms with Crippen LogP contribution < -0.4 is 0 Å². The fraction of sp³-hybridized carbons (Fsp3) is 0.714. The number of hydrogen-bond acceptors (Lipinski definition) is 2. The van der Waals surface area contributed by atoms with Crippen molar-refractivity contribution in [2.24, 2.45) is 0 Å². The standard InChI is InChI=1S/C7H17FO2Si2/c1-5-9-7(10-11-2)6(8)12(3)4/h12H,5,11H2,1-4H3/b7-6-. The molecule has 0 rings (SSSR count). The second-order valence-corrected chi connectivity index (χ2v) is 6.34. The number of ether oxygens (including phenoxy) is 1. The Labute approximate surface area is 77.3 Å². The van der Waals surface area contributed by atoms with Crippen LogP contribution in [0.5, 0.6) is 0 Å². The van der Waals surface area contributed by atoms with Crippen LogP contribution in [-0.4, -0.2) is 25.2 Å². The Bertz CT molecular complexity index is 151. The number of rotatable bonds is 5. The van der Waals surface area contributed by atoms with Gasteiger partial charge in [-0.25, -0.2) is 4.39 Å². The smallest absolute Gasteiger partial charge is 0.292 e. The van der Waals surface area contributed by atoms with E-state index in [0.29, 0.717) is 6.61 Å². The summed E-state index contributed by atoms with van der Waals surface area (Å²) in [5, 5.41) is 0. The van der Waals surface area contributed by atoms with E-state index in [1.807, 2.05) is 26.6 Å². The lowest BCUT2D eigenvalue weighted by molar-refractivity contribution is 0.111. The highest BCUT2D eigenvalue weighted by Gasteiger charge is 2.13. The maximum absolute atomic E-state index is 13.3. The van der Waals surface area contributed by atoms with Crippen molar-refractivity contribution in [2.75, 3.05) is 6.61 Å². The molecule has 0 aromatic carbocycles. The highest BCUT2D eigenvalue weighted by atomic mass is 28.3. The van der Waals surface area contributed by atoms with Crippen LogP contribution in [0.25, 0.3) is 0 Å². The van der Waals surface area contributed by atoms with Crippen LogP contribution in [0, 0.1) is 0 Å². The highest BCUT2D eigenvalue weighted by Crippen LogP contribution is 2.12. The van der Waals surface area contributed by atoms with E-state index in [1.165, 1.54) is 0 Å². The van der Waals surface area contributed by atoms with Gasteiger partial charge in [0.15, 0.2) is 5.45 Å². The second-order valence-electron chi connectivity index (χ2n) is 2.66. The molecular weight excluding hydrogens is 191 g/mol. The van der Waals surface area contributed by atoms with Crippen LogP contribution in [-0.2, 0) is 9.16 Å². The summed E-state index contributed by atoms with van der Waals surface area (Å²) < 4.78 is 23.5. The topological polar surface area (TPSA) is 18.5 Å². The Hall–Kier alpha value is -0.296. The zero-order chi connectivity index (χ0) is 9.56. The quantitative estimate of drug-likeness (QED) is 0.501. The predicted molar refractivity (Wildman–Crippen MR) is 54.1 cm³/mol. The molecule has 12 heavy (non-hydrogen) atoms. The van der Waals surface area contributed by atoms with Crippen molar-refractivity contribution in [2.45, 2.75) is 26.6 Å². The van der Waals surface area contributed by atoms with Gasteiger partial charge < -0.3 is 9.16 Å². The lowest BCUT2D eigenvalue weighted by Crippen LogP contribution is -2.10. The Morgan fingerprint density at radius 2 is 2.08 bits per heavy atom. The molecule has 0 aromatic heterocycles. The van der Waals surface area contributed by atoms with Gasteiger partial charge in [0.1, 0.15) is 8.80 Å². The number of halogens is 1. The Morgan fingerprint density at radius 1 is 1.50 bits per heavy atom. The monoisotopic (exact) mass is 208 g/mol. The lowest BCUT2D eigenvalue weighted by Gasteiger charge is -2.12. The first-order valence-electron chi connectivity index (χ1n) is 4.28.